The Morgan fingerprint density at radius 2 is 2.37 bits per heavy atom. The molecule has 5 heteroatoms. The smallest absolute Gasteiger partial charge is 0.136 e. The van der Waals surface area contributed by atoms with Crippen molar-refractivity contribution < 1.29 is 4.74 Å². The number of imidazole rings is 1. The zero-order valence-corrected chi connectivity index (χ0v) is 11.0. The van der Waals surface area contributed by atoms with E-state index in [0.717, 1.165) is 43.5 Å². The second-order valence-electron chi connectivity index (χ2n) is 4.87. The molecule has 1 N–H and O–H groups in total. The van der Waals surface area contributed by atoms with Crippen LogP contribution in [-0.2, 0) is 11.3 Å². The minimum Gasteiger partial charge on any atom is -0.368 e. The van der Waals surface area contributed by atoms with E-state index in [9.17, 15) is 0 Å². The SMILES string of the molecule is Cc1cnc([C@H]2CN(Cc3ccccn3)CCO2)[nH]1. The molecule has 1 aliphatic rings. The van der Waals surface area contributed by atoms with E-state index in [4.69, 9.17) is 4.74 Å². The maximum atomic E-state index is 5.79. The van der Waals surface area contributed by atoms with Crippen molar-refractivity contribution in [1.82, 2.24) is 19.9 Å². The van der Waals surface area contributed by atoms with Crippen molar-refractivity contribution >= 4 is 0 Å². The number of rotatable bonds is 3. The fraction of sp³-hybridized carbons (Fsp3) is 0.429. The second-order valence-corrected chi connectivity index (χ2v) is 4.87. The topological polar surface area (TPSA) is 54.0 Å². The van der Waals surface area contributed by atoms with Crippen LogP contribution in [0.2, 0.25) is 0 Å². The molecule has 19 heavy (non-hydrogen) atoms. The Kier molecular flexibility index (Phi) is 3.57. The van der Waals surface area contributed by atoms with Gasteiger partial charge in [0.15, 0.2) is 0 Å². The number of aryl methyl sites for hydroxylation is 1. The van der Waals surface area contributed by atoms with Crippen molar-refractivity contribution in [3.8, 4) is 0 Å². The van der Waals surface area contributed by atoms with E-state index >= 15 is 0 Å². The molecule has 1 atom stereocenters. The minimum absolute atomic E-state index is 0.0335. The van der Waals surface area contributed by atoms with E-state index in [0.29, 0.717) is 0 Å². The van der Waals surface area contributed by atoms with Crippen LogP contribution < -0.4 is 0 Å². The van der Waals surface area contributed by atoms with Crippen LogP contribution in [0.15, 0.2) is 30.6 Å². The molecule has 0 aromatic carbocycles. The molecule has 2 aromatic heterocycles. The van der Waals surface area contributed by atoms with Crippen LogP contribution in [0.25, 0.3) is 0 Å². The number of aromatic nitrogens is 3. The zero-order chi connectivity index (χ0) is 13.1. The molecule has 0 amide bonds. The van der Waals surface area contributed by atoms with Gasteiger partial charge in [-0.1, -0.05) is 6.07 Å². The first-order valence-corrected chi connectivity index (χ1v) is 6.56. The van der Waals surface area contributed by atoms with Crippen LogP contribution in [0.5, 0.6) is 0 Å². The summed E-state index contributed by atoms with van der Waals surface area (Å²) in [6, 6.07) is 6.02. The quantitative estimate of drug-likeness (QED) is 0.910. The Morgan fingerprint density at radius 1 is 1.42 bits per heavy atom. The average molecular weight is 258 g/mol. The average Bonchev–Trinajstić information content (AvgIpc) is 2.87. The number of aromatic amines is 1. The fourth-order valence-electron chi connectivity index (χ4n) is 2.33. The number of nitrogens with zero attached hydrogens (tertiary/aromatic N) is 3. The summed E-state index contributed by atoms with van der Waals surface area (Å²) in [5.74, 6) is 0.920. The number of nitrogens with one attached hydrogen (secondary N) is 1. The Balaban J connectivity index is 1.65. The van der Waals surface area contributed by atoms with Crippen LogP contribution in [0.1, 0.15) is 23.3 Å². The molecule has 5 nitrogen and oxygen atoms in total. The molecule has 0 bridgehead atoms. The number of pyridine rings is 1. The third-order valence-electron chi connectivity index (χ3n) is 3.29. The van der Waals surface area contributed by atoms with Crippen molar-refractivity contribution in [2.24, 2.45) is 0 Å². The van der Waals surface area contributed by atoms with E-state index in [2.05, 4.69) is 25.9 Å². The van der Waals surface area contributed by atoms with Gasteiger partial charge in [-0.15, -0.1) is 0 Å². The second kappa shape index (κ2) is 5.50. The summed E-state index contributed by atoms with van der Waals surface area (Å²) in [6.07, 6.45) is 3.71. The van der Waals surface area contributed by atoms with Gasteiger partial charge in [0, 0.05) is 37.7 Å². The largest absolute Gasteiger partial charge is 0.368 e. The van der Waals surface area contributed by atoms with Crippen molar-refractivity contribution in [2.45, 2.75) is 19.6 Å². The van der Waals surface area contributed by atoms with Gasteiger partial charge in [-0.2, -0.15) is 0 Å². The summed E-state index contributed by atoms with van der Waals surface area (Å²) < 4.78 is 5.79. The summed E-state index contributed by atoms with van der Waals surface area (Å²) in [4.78, 5) is 14.3. The molecule has 1 fully saturated rings. The molecule has 3 heterocycles. The molecule has 0 radical (unpaired) electrons. The van der Waals surface area contributed by atoms with E-state index in [-0.39, 0.29) is 6.10 Å². The normalized spacial score (nSPS) is 20.6. The standard InChI is InChI=1S/C14H18N4O/c1-11-8-16-14(17-11)13-10-18(6-7-19-13)9-12-4-2-3-5-15-12/h2-5,8,13H,6-7,9-10H2,1H3,(H,16,17)/t13-/m1/s1. The van der Waals surface area contributed by atoms with E-state index < -0.39 is 0 Å². The van der Waals surface area contributed by atoms with Gasteiger partial charge in [0.1, 0.15) is 11.9 Å². The van der Waals surface area contributed by atoms with Gasteiger partial charge >= 0.3 is 0 Å². The fourth-order valence-corrected chi connectivity index (χ4v) is 2.33. The number of H-pyrrole nitrogens is 1. The highest BCUT2D eigenvalue weighted by Gasteiger charge is 2.24. The Bertz CT molecular complexity index is 525. The molecule has 3 rings (SSSR count). The molecular weight excluding hydrogens is 240 g/mol. The lowest BCUT2D eigenvalue weighted by atomic mass is 10.2. The van der Waals surface area contributed by atoms with Crippen LogP contribution in [-0.4, -0.2) is 39.5 Å². The molecule has 0 spiro atoms. The van der Waals surface area contributed by atoms with Crippen molar-refractivity contribution in [3.63, 3.8) is 0 Å². The number of hydrogen-bond acceptors (Lipinski definition) is 4. The lowest BCUT2D eigenvalue weighted by Gasteiger charge is -2.31. The minimum atomic E-state index is 0.0335. The van der Waals surface area contributed by atoms with Crippen LogP contribution >= 0.6 is 0 Å². The summed E-state index contributed by atoms with van der Waals surface area (Å²) in [5.41, 5.74) is 2.17. The number of ether oxygens (including phenoxy) is 1. The lowest BCUT2D eigenvalue weighted by Crippen LogP contribution is -2.38. The van der Waals surface area contributed by atoms with Gasteiger partial charge in [0.2, 0.25) is 0 Å². The van der Waals surface area contributed by atoms with Crippen molar-refractivity contribution in [1.29, 1.82) is 0 Å². The molecule has 0 saturated carbocycles. The molecule has 2 aromatic rings. The van der Waals surface area contributed by atoms with Crippen LogP contribution in [0, 0.1) is 6.92 Å². The predicted octanol–water partition coefficient (Wildman–Crippen LogP) is 1.69. The van der Waals surface area contributed by atoms with Crippen molar-refractivity contribution in [2.75, 3.05) is 19.7 Å². The Morgan fingerprint density at radius 3 is 3.11 bits per heavy atom. The number of morpholine rings is 1. The third kappa shape index (κ3) is 3.00. The monoisotopic (exact) mass is 258 g/mol. The van der Waals surface area contributed by atoms with Crippen LogP contribution in [0.3, 0.4) is 0 Å². The number of hydrogen-bond donors (Lipinski definition) is 1. The molecule has 0 unspecified atom stereocenters. The van der Waals surface area contributed by atoms with E-state index in [1.54, 1.807) is 0 Å². The third-order valence-corrected chi connectivity index (χ3v) is 3.29. The van der Waals surface area contributed by atoms with Crippen molar-refractivity contribution in [3.05, 3.63) is 47.8 Å². The Labute approximate surface area is 112 Å². The maximum absolute atomic E-state index is 5.79. The maximum Gasteiger partial charge on any atom is 0.136 e. The molecule has 1 aliphatic heterocycles. The molecule has 0 aliphatic carbocycles. The highest BCUT2D eigenvalue weighted by atomic mass is 16.5. The first-order valence-electron chi connectivity index (χ1n) is 6.56. The molecule has 1 saturated heterocycles. The first-order chi connectivity index (χ1) is 9.31. The first kappa shape index (κ1) is 12.3. The van der Waals surface area contributed by atoms with Gasteiger partial charge in [-0.05, 0) is 19.1 Å². The van der Waals surface area contributed by atoms with Gasteiger partial charge in [0.05, 0.1) is 12.3 Å². The van der Waals surface area contributed by atoms with Gasteiger partial charge in [-0.25, -0.2) is 4.98 Å². The van der Waals surface area contributed by atoms with Gasteiger partial charge in [-0.3, -0.25) is 9.88 Å². The summed E-state index contributed by atoms with van der Waals surface area (Å²) in [5, 5.41) is 0. The van der Waals surface area contributed by atoms with E-state index in [1.165, 1.54) is 0 Å². The van der Waals surface area contributed by atoms with Crippen LogP contribution in [0.4, 0.5) is 0 Å². The highest BCUT2D eigenvalue weighted by molar-refractivity contribution is 5.05. The summed E-state index contributed by atoms with van der Waals surface area (Å²) in [7, 11) is 0. The summed E-state index contributed by atoms with van der Waals surface area (Å²) in [6.45, 7) is 5.39. The molecule has 100 valence electrons. The Hall–Kier alpha value is -1.72. The predicted molar refractivity (Wildman–Crippen MR) is 71.5 cm³/mol. The lowest BCUT2D eigenvalue weighted by molar-refractivity contribution is -0.0372. The molecular formula is C14H18N4O. The van der Waals surface area contributed by atoms with Gasteiger partial charge in [0.25, 0.3) is 0 Å². The summed E-state index contributed by atoms with van der Waals surface area (Å²) >= 11 is 0. The van der Waals surface area contributed by atoms with E-state index in [1.807, 2.05) is 31.5 Å². The van der Waals surface area contributed by atoms with Gasteiger partial charge < -0.3 is 9.72 Å². The zero-order valence-electron chi connectivity index (χ0n) is 11.0. The highest BCUT2D eigenvalue weighted by Crippen LogP contribution is 2.20.